The Morgan fingerprint density at radius 3 is 2.80 bits per heavy atom. The van der Waals surface area contributed by atoms with Crippen molar-refractivity contribution in [3.63, 3.8) is 0 Å². The molecule has 0 aromatic carbocycles. The second-order valence-electron chi connectivity index (χ2n) is 1.01. The van der Waals surface area contributed by atoms with Gasteiger partial charge in [0.25, 0.3) is 0 Å². The van der Waals surface area contributed by atoms with Gasteiger partial charge in [-0.05, 0) is 5.92 Å². The van der Waals surface area contributed by atoms with E-state index >= 15 is 0 Å². The van der Waals surface area contributed by atoms with Gasteiger partial charge in [-0.15, -0.1) is 0 Å². The van der Waals surface area contributed by atoms with E-state index in [1.165, 1.54) is 13.8 Å². The predicted molar refractivity (Wildman–Crippen MR) is 25.1 cm³/mol. The smallest absolute Gasteiger partial charge is 0.0266 e. The first kappa shape index (κ1) is 0.988. The monoisotopic (exact) mass is 77.1 g/mol. The highest BCUT2D eigenvalue weighted by Crippen LogP contribution is 1.93. The minimum Gasteiger partial charge on any atom is -0.0651 e. The molecule has 0 heteroatoms. The summed E-state index contributed by atoms with van der Waals surface area (Å²) < 4.78 is 34.9. The summed E-state index contributed by atoms with van der Waals surface area (Å²) in [5.74, 6) is -0.903. The molecule has 0 aromatic heterocycles. The summed E-state index contributed by atoms with van der Waals surface area (Å²) in [5, 5.41) is 0. The molecule has 0 spiro atoms. The van der Waals surface area contributed by atoms with Gasteiger partial charge >= 0.3 is 0 Å². The van der Waals surface area contributed by atoms with Crippen LogP contribution in [0, 0.1) is 5.92 Å². The van der Waals surface area contributed by atoms with E-state index in [0.29, 0.717) is 0 Å². The molecule has 0 saturated carbocycles. The van der Waals surface area contributed by atoms with Crippen LogP contribution in [-0.4, -0.2) is 0 Å². The van der Waals surface area contributed by atoms with E-state index in [2.05, 4.69) is 0 Å². The number of hydrogen-bond acceptors (Lipinski definition) is 0. The summed E-state index contributed by atoms with van der Waals surface area (Å²) in [5.41, 5.74) is 0. The minimum absolute atomic E-state index is 0.903. The van der Waals surface area contributed by atoms with Crippen molar-refractivity contribution in [2.45, 2.75) is 27.1 Å². The fourth-order valence-electron chi connectivity index (χ4n) is 0. The molecule has 0 nitrogen and oxygen atoms in total. The Labute approximate surface area is 41.2 Å². The highest BCUT2D eigenvalue weighted by Gasteiger charge is 1.80. The first-order chi connectivity index (χ1) is 4.15. The molecule has 0 rings (SSSR count). The van der Waals surface area contributed by atoms with Gasteiger partial charge < -0.3 is 0 Å². The Balaban J connectivity index is 4.23. The molecule has 32 valence electrons. The molecule has 0 N–H and O–H groups in total. The lowest BCUT2D eigenvalue weighted by atomic mass is 10.2. The Hall–Kier alpha value is 0. The maximum Gasteiger partial charge on any atom is 0.0266 e. The van der Waals surface area contributed by atoms with Gasteiger partial charge in [0, 0.05) is 6.85 Å². The van der Waals surface area contributed by atoms with Crippen molar-refractivity contribution >= 4 is 0 Å². The summed E-state index contributed by atoms with van der Waals surface area (Å²) in [4.78, 5) is 0. The summed E-state index contributed by atoms with van der Waals surface area (Å²) in [6, 6.07) is 0. The van der Waals surface area contributed by atoms with Crippen LogP contribution in [0.25, 0.3) is 0 Å². The fourth-order valence-corrected chi connectivity index (χ4v) is 0. The molecule has 0 aliphatic rings. The van der Waals surface area contributed by atoms with E-state index < -0.39 is 19.1 Å². The van der Waals surface area contributed by atoms with Crippen LogP contribution in [0.3, 0.4) is 0 Å². The first-order valence-corrected chi connectivity index (χ1v) is 1.65. The van der Waals surface area contributed by atoms with Crippen molar-refractivity contribution in [3.8, 4) is 0 Å². The average Bonchev–Trinajstić information content (AvgIpc) is 1.59. The molecule has 0 aliphatic carbocycles. The minimum atomic E-state index is -2.18. The van der Waals surface area contributed by atoms with E-state index in [9.17, 15) is 0 Å². The van der Waals surface area contributed by atoms with Gasteiger partial charge in [-0.3, -0.25) is 0 Å². The number of rotatable bonds is 1. The molecular formula is C5H12. The van der Waals surface area contributed by atoms with Crippen LogP contribution in [0.15, 0.2) is 0 Å². The van der Waals surface area contributed by atoms with Crippen LogP contribution in [0.2, 0.25) is 0 Å². The Morgan fingerprint density at radius 1 is 2.20 bits per heavy atom. The molecule has 0 amide bonds. The van der Waals surface area contributed by atoms with Crippen LogP contribution < -0.4 is 0 Å². The van der Waals surface area contributed by atoms with Gasteiger partial charge in [0.1, 0.15) is 0 Å². The normalized spacial score (nSPS) is 35.2. The largest absolute Gasteiger partial charge is 0.0651 e. The van der Waals surface area contributed by atoms with Crippen molar-refractivity contribution in [1.29, 1.82) is 0 Å². The topological polar surface area (TPSA) is 0 Å². The van der Waals surface area contributed by atoms with Crippen molar-refractivity contribution in [1.82, 2.24) is 0 Å². The third-order valence-electron chi connectivity index (χ3n) is 0.433. The van der Waals surface area contributed by atoms with Gasteiger partial charge in [-0.1, -0.05) is 27.1 Å². The van der Waals surface area contributed by atoms with E-state index in [1.54, 1.807) is 0 Å². The standard InChI is InChI=1S/C5H12/c1-4-5(2)3/h5H,4H2,1-3H3/i2D3,4D2. The number of hydrogen-bond donors (Lipinski definition) is 0. The molecule has 0 aliphatic heterocycles. The summed E-state index contributed by atoms with van der Waals surface area (Å²) >= 11 is 0. The lowest BCUT2D eigenvalue weighted by molar-refractivity contribution is 0.626. The molecule has 1 unspecified atom stereocenters. The third-order valence-corrected chi connectivity index (χ3v) is 0.433. The maximum absolute atomic E-state index is 7.10. The summed E-state index contributed by atoms with van der Waals surface area (Å²) in [6.45, 7) is 0.495. The Morgan fingerprint density at radius 2 is 2.80 bits per heavy atom. The van der Waals surface area contributed by atoms with Crippen LogP contribution in [-0.2, 0) is 0 Å². The zero-order chi connectivity index (χ0) is 8.58. The summed E-state index contributed by atoms with van der Waals surface area (Å²) in [6.07, 6.45) is -1.62. The molecule has 0 radical (unpaired) electrons. The highest BCUT2D eigenvalue weighted by molar-refractivity contribution is 4.32. The van der Waals surface area contributed by atoms with E-state index in [0.717, 1.165) is 0 Å². The van der Waals surface area contributed by atoms with E-state index in [1.807, 2.05) is 0 Å². The van der Waals surface area contributed by atoms with E-state index in [4.69, 9.17) is 6.85 Å². The molecule has 0 saturated heterocycles. The second-order valence-corrected chi connectivity index (χ2v) is 1.01. The lowest BCUT2D eigenvalue weighted by Gasteiger charge is -1.90. The van der Waals surface area contributed by atoms with Gasteiger partial charge in [0.2, 0.25) is 0 Å². The average molecular weight is 77.2 g/mol. The highest BCUT2D eigenvalue weighted by atomic mass is 13.9. The molecule has 0 heterocycles. The molecule has 5 heavy (non-hydrogen) atoms. The van der Waals surface area contributed by atoms with Crippen molar-refractivity contribution in [2.75, 3.05) is 0 Å². The van der Waals surface area contributed by atoms with Crippen molar-refractivity contribution < 1.29 is 6.85 Å². The molecule has 0 fully saturated rings. The maximum atomic E-state index is 7.10. The van der Waals surface area contributed by atoms with Crippen molar-refractivity contribution in [3.05, 3.63) is 0 Å². The van der Waals surface area contributed by atoms with Crippen LogP contribution in [0.5, 0.6) is 0 Å². The Kier molecular flexibility index (Phi) is 0.444. The predicted octanol–water partition coefficient (Wildman–Crippen LogP) is 2.05. The fraction of sp³-hybridized carbons (Fsp3) is 1.00. The van der Waals surface area contributed by atoms with Gasteiger partial charge in [0.05, 0.1) is 0 Å². The second kappa shape index (κ2) is 2.25. The van der Waals surface area contributed by atoms with Gasteiger partial charge in [-0.25, -0.2) is 0 Å². The zero-order valence-electron chi connectivity index (χ0n) is 8.58. The van der Waals surface area contributed by atoms with E-state index in [-0.39, 0.29) is 0 Å². The van der Waals surface area contributed by atoms with Crippen LogP contribution >= 0.6 is 0 Å². The van der Waals surface area contributed by atoms with Crippen LogP contribution in [0.4, 0.5) is 0 Å². The molecule has 0 bridgehead atoms. The van der Waals surface area contributed by atoms with Crippen LogP contribution in [0.1, 0.15) is 33.9 Å². The molecule has 0 aromatic rings. The zero-order valence-corrected chi connectivity index (χ0v) is 3.58. The van der Waals surface area contributed by atoms with Crippen molar-refractivity contribution in [2.24, 2.45) is 5.92 Å². The molecule has 1 atom stereocenters. The molecular weight excluding hydrogens is 60.1 g/mol. The third kappa shape index (κ3) is 4.00. The SMILES string of the molecule is [2H]C([2H])([2H])C(C)C([2H])([2H])C. The van der Waals surface area contributed by atoms with Gasteiger partial charge in [0.15, 0.2) is 0 Å². The van der Waals surface area contributed by atoms with Gasteiger partial charge in [-0.2, -0.15) is 0 Å². The lowest BCUT2D eigenvalue weighted by Crippen LogP contribution is -1.77. The Bertz CT molecular complexity index is 94.2. The quantitative estimate of drug-likeness (QED) is 0.449. The first-order valence-electron chi connectivity index (χ1n) is 4.15. The summed E-state index contributed by atoms with van der Waals surface area (Å²) in [7, 11) is 0.